The van der Waals surface area contributed by atoms with Crippen molar-refractivity contribution in [3.05, 3.63) is 0 Å². The fourth-order valence-corrected chi connectivity index (χ4v) is 17.7. The third-order valence-electron chi connectivity index (χ3n) is 10.1. The third kappa shape index (κ3) is 22.3. The lowest BCUT2D eigenvalue weighted by Gasteiger charge is -2.36. The van der Waals surface area contributed by atoms with Gasteiger partial charge in [0.15, 0.2) is 0 Å². The average molecular weight is 909 g/mol. The first-order valence-corrected chi connectivity index (χ1v) is 27.6. The summed E-state index contributed by atoms with van der Waals surface area (Å²) < 4.78 is 120. The number of nitriles is 4. The third-order valence-corrected chi connectivity index (χ3v) is 21.5. The van der Waals surface area contributed by atoms with Gasteiger partial charge in [-0.1, -0.05) is 103 Å². The van der Waals surface area contributed by atoms with Crippen LogP contribution in [0.4, 0.5) is 0 Å². The molecule has 0 aliphatic rings. The molecule has 0 aliphatic carbocycles. The fraction of sp³-hybridized carbons (Fsp3) is 0.897. The maximum absolute atomic E-state index is 14.5. The lowest BCUT2D eigenvalue weighted by Crippen LogP contribution is -2.70. The SMILES string of the molecule is CC(C(S(=O)(=O)NCCCCCCCCC#N)(S(=O)(=O)NCCCCCCCCC#N)S(=O)(=O)NCCCCCCCCC#N)S(=O)(=O)NCCCCCCCCC#N. The average Bonchev–Trinajstić information content (AvgIpc) is 3.18. The number of hydrogen-bond acceptors (Lipinski definition) is 12. The standard InChI is InChI=1S/C39H72N8O8S4/c1-38(56(48,49)44-34-26-18-10-2-6-14-22-30-40)39(57(50,51)45-35-27-19-11-3-7-15-23-31-41,58(52,53)46-36-28-20-12-4-8-16-24-32-42)59(54,55)47-37-29-21-13-5-9-17-25-33-43/h38,44-47H,2-29,34-37H2,1H3. The first kappa shape index (κ1) is 56.6. The van der Waals surface area contributed by atoms with Crippen LogP contribution in [0, 0.1) is 45.3 Å². The second-order valence-corrected chi connectivity index (χ2v) is 23.7. The van der Waals surface area contributed by atoms with Crippen LogP contribution in [0.2, 0.25) is 0 Å². The van der Waals surface area contributed by atoms with Gasteiger partial charge in [-0.25, -0.2) is 52.6 Å². The van der Waals surface area contributed by atoms with Crippen LogP contribution < -0.4 is 18.9 Å². The van der Waals surface area contributed by atoms with Crippen LogP contribution in [-0.2, 0) is 40.1 Å². The highest BCUT2D eigenvalue weighted by atomic mass is 32.3. The summed E-state index contributed by atoms with van der Waals surface area (Å²) >= 11 is 0. The van der Waals surface area contributed by atoms with E-state index in [0.717, 1.165) is 90.4 Å². The summed E-state index contributed by atoms with van der Waals surface area (Å²) in [5, 5.41) is 32.4. The van der Waals surface area contributed by atoms with Crippen molar-refractivity contribution in [2.24, 2.45) is 0 Å². The lowest BCUT2D eigenvalue weighted by molar-refractivity contribution is 0.508. The van der Waals surface area contributed by atoms with E-state index in [1.54, 1.807) is 0 Å². The van der Waals surface area contributed by atoms with E-state index in [-0.39, 0.29) is 45.4 Å². The van der Waals surface area contributed by atoms with Crippen molar-refractivity contribution in [1.29, 1.82) is 21.0 Å². The monoisotopic (exact) mass is 908 g/mol. The Morgan fingerprint density at radius 2 is 0.559 bits per heavy atom. The zero-order valence-electron chi connectivity index (χ0n) is 35.4. The van der Waals surface area contributed by atoms with Crippen molar-refractivity contribution >= 4 is 40.1 Å². The van der Waals surface area contributed by atoms with Gasteiger partial charge >= 0.3 is 3.41 Å². The van der Waals surface area contributed by atoms with Crippen LogP contribution in [0.3, 0.4) is 0 Å². The summed E-state index contributed by atoms with van der Waals surface area (Å²) in [6, 6.07) is 8.33. The molecule has 0 saturated carbocycles. The highest BCUT2D eigenvalue weighted by Gasteiger charge is 2.71. The summed E-state index contributed by atoms with van der Waals surface area (Å²) in [6.45, 7) is -0.371. The van der Waals surface area contributed by atoms with Gasteiger partial charge in [0.05, 0.1) is 24.3 Å². The topological polar surface area (TPSA) is 280 Å². The van der Waals surface area contributed by atoms with Gasteiger partial charge in [-0.05, 0) is 58.3 Å². The maximum atomic E-state index is 14.5. The van der Waals surface area contributed by atoms with Gasteiger partial charge < -0.3 is 0 Å². The Kier molecular flexibility index (Phi) is 31.9. The van der Waals surface area contributed by atoms with Crippen LogP contribution >= 0.6 is 0 Å². The fourth-order valence-electron chi connectivity index (χ4n) is 6.68. The van der Waals surface area contributed by atoms with Crippen molar-refractivity contribution in [1.82, 2.24) is 18.9 Å². The van der Waals surface area contributed by atoms with Crippen LogP contribution in [0.1, 0.15) is 187 Å². The molecule has 1 atom stereocenters. The smallest absolute Gasteiger partial charge is 0.215 e. The van der Waals surface area contributed by atoms with E-state index in [4.69, 9.17) is 21.0 Å². The molecule has 0 aliphatic heterocycles. The summed E-state index contributed by atoms with van der Waals surface area (Å²) in [4.78, 5) is 0. The van der Waals surface area contributed by atoms with Crippen molar-refractivity contribution in [2.45, 2.75) is 195 Å². The Morgan fingerprint density at radius 3 is 0.797 bits per heavy atom. The number of hydrogen-bond donors (Lipinski definition) is 4. The molecular formula is C39H72N8O8S4. The Labute approximate surface area is 357 Å². The summed E-state index contributed by atoms with van der Waals surface area (Å²) in [6.07, 6.45) is 17.2. The predicted molar refractivity (Wildman–Crippen MR) is 232 cm³/mol. The Morgan fingerprint density at radius 1 is 0.356 bits per heavy atom. The normalized spacial score (nSPS) is 13.0. The van der Waals surface area contributed by atoms with E-state index in [1.807, 2.05) is 0 Å². The van der Waals surface area contributed by atoms with Crippen LogP contribution in [0.15, 0.2) is 0 Å². The van der Waals surface area contributed by atoms with E-state index >= 15 is 0 Å². The Bertz CT molecular complexity index is 1600. The molecule has 0 saturated heterocycles. The maximum Gasteiger partial charge on any atom is 0.330 e. The number of unbranched alkanes of at least 4 members (excludes halogenated alkanes) is 24. The van der Waals surface area contributed by atoms with Gasteiger partial charge in [-0.3, -0.25) is 0 Å². The lowest BCUT2D eigenvalue weighted by atomic mass is 10.1. The molecule has 0 aromatic heterocycles. The van der Waals surface area contributed by atoms with Crippen LogP contribution in [0.5, 0.6) is 0 Å². The minimum atomic E-state index is -5.54. The molecule has 0 bridgehead atoms. The molecule has 340 valence electrons. The molecule has 59 heavy (non-hydrogen) atoms. The predicted octanol–water partition coefficient (Wildman–Crippen LogP) is 6.72. The van der Waals surface area contributed by atoms with E-state index in [9.17, 15) is 33.7 Å². The Balaban J connectivity index is 6.57. The van der Waals surface area contributed by atoms with E-state index in [1.165, 1.54) is 0 Å². The molecule has 0 heterocycles. The van der Waals surface area contributed by atoms with Gasteiger partial charge in [-0.2, -0.15) is 21.0 Å². The minimum absolute atomic E-state index is 0.174. The van der Waals surface area contributed by atoms with Gasteiger partial charge in [0, 0.05) is 51.9 Å². The molecule has 0 fully saturated rings. The van der Waals surface area contributed by atoms with E-state index in [2.05, 4.69) is 43.2 Å². The molecule has 0 amide bonds. The first-order chi connectivity index (χ1) is 28.1. The summed E-state index contributed by atoms with van der Waals surface area (Å²) in [5.74, 6) is 0. The highest BCUT2D eigenvalue weighted by molar-refractivity contribution is 8.25. The summed E-state index contributed by atoms with van der Waals surface area (Å²) in [5.41, 5.74) is 0. The van der Waals surface area contributed by atoms with Crippen molar-refractivity contribution < 1.29 is 33.7 Å². The molecular weight excluding hydrogens is 837 g/mol. The van der Waals surface area contributed by atoms with Crippen molar-refractivity contribution in [3.63, 3.8) is 0 Å². The molecule has 0 radical (unpaired) electrons. The van der Waals surface area contributed by atoms with Crippen molar-refractivity contribution in [2.75, 3.05) is 26.2 Å². The molecule has 0 aromatic carbocycles. The first-order valence-electron chi connectivity index (χ1n) is 21.6. The highest BCUT2D eigenvalue weighted by Crippen LogP contribution is 2.37. The largest absolute Gasteiger partial charge is 0.330 e. The van der Waals surface area contributed by atoms with Crippen molar-refractivity contribution in [3.8, 4) is 24.3 Å². The zero-order valence-corrected chi connectivity index (χ0v) is 38.7. The number of nitrogens with zero attached hydrogens (tertiary/aromatic N) is 4. The van der Waals surface area contributed by atoms with Gasteiger partial charge in [0.1, 0.15) is 5.25 Å². The van der Waals surface area contributed by atoms with Gasteiger partial charge in [0.25, 0.3) is 30.1 Å². The number of nitrogens with one attached hydrogen (secondary N) is 4. The van der Waals surface area contributed by atoms with Crippen LogP contribution in [-0.4, -0.2) is 68.5 Å². The number of rotatable bonds is 41. The second kappa shape index (κ2) is 33.3. The molecule has 0 rings (SSSR count). The molecule has 16 nitrogen and oxygen atoms in total. The zero-order chi connectivity index (χ0) is 44.4. The van der Waals surface area contributed by atoms with Gasteiger partial charge in [-0.15, -0.1) is 0 Å². The second-order valence-electron chi connectivity index (χ2n) is 15.0. The number of sulfonamides is 4. The molecule has 1 unspecified atom stereocenters. The van der Waals surface area contributed by atoms with E-state index in [0.29, 0.717) is 77.0 Å². The molecule has 20 heteroatoms. The molecule has 0 spiro atoms. The quantitative estimate of drug-likeness (QED) is 0.0465. The molecule has 4 N–H and O–H groups in total. The Hall–Kier alpha value is -2.40. The summed E-state index contributed by atoms with van der Waals surface area (Å²) in [7, 11) is -21.6. The van der Waals surface area contributed by atoms with Gasteiger partial charge in [0.2, 0.25) is 10.0 Å². The minimum Gasteiger partial charge on any atom is -0.215 e. The molecule has 0 aromatic rings. The van der Waals surface area contributed by atoms with Crippen LogP contribution in [0.25, 0.3) is 0 Å². The van der Waals surface area contributed by atoms with E-state index < -0.39 is 48.8 Å².